The highest BCUT2D eigenvalue weighted by Gasteiger charge is 2.29. The summed E-state index contributed by atoms with van der Waals surface area (Å²) in [5.74, 6) is -0.272. The minimum Gasteiger partial charge on any atom is -0.467 e. The van der Waals surface area contributed by atoms with E-state index in [1.807, 2.05) is 37.3 Å². The van der Waals surface area contributed by atoms with Gasteiger partial charge in [0.05, 0.1) is 41.0 Å². The molecule has 2 aromatic heterocycles. The third-order valence-corrected chi connectivity index (χ3v) is 6.21. The lowest BCUT2D eigenvalue weighted by Gasteiger charge is -2.30. The zero-order valence-corrected chi connectivity index (χ0v) is 19.9. The summed E-state index contributed by atoms with van der Waals surface area (Å²) in [4.78, 5) is 33.7. The fourth-order valence-corrected chi connectivity index (χ4v) is 4.26. The zero-order chi connectivity index (χ0) is 25.2. The molecular weight excluding hydrogens is 457 g/mol. The molecule has 5 rings (SSSR count). The summed E-state index contributed by atoms with van der Waals surface area (Å²) >= 11 is 0. The Morgan fingerprint density at radius 3 is 2.44 bits per heavy atom. The van der Waals surface area contributed by atoms with Gasteiger partial charge < -0.3 is 9.32 Å². The molecule has 36 heavy (non-hydrogen) atoms. The molecule has 0 saturated carbocycles. The third-order valence-electron chi connectivity index (χ3n) is 6.21. The number of hydrogen-bond donors (Lipinski definition) is 0. The van der Waals surface area contributed by atoms with Crippen LogP contribution in [0.5, 0.6) is 0 Å². The highest BCUT2D eigenvalue weighted by molar-refractivity contribution is 5.94. The number of aromatic nitrogens is 2. The number of fused-ring (bicyclic) bond motifs is 1. The van der Waals surface area contributed by atoms with Crippen LogP contribution in [0.3, 0.4) is 0 Å². The van der Waals surface area contributed by atoms with Crippen LogP contribution in [0.1, 0.15) is 40.5 Å². The number of aryl methyl sites for hydroxylation is 1. The number of para-hydroxylation sites is 1. The van der Waals surface area contributed by atoms with Crippen molar-refractivity contribution in [1.82, 2.24) is 14.5 Å². The smallest absolute Gasteiger partial charge is 0.266 e. The quantitative estimate of drug-likeness (QED) is 0.306. The van der Waals surface area contributed by atoms with Gasteiger partial charge in [-0.05, 0) is 62.4 Å². The Hall–Kier alpha value is -4.52. The molecule has 0 saturated heterocycles. The summed E-state index contributed by atoms with van der Waals surface area (Å²) in [6.45, 7) is 3.81. The first-order valence-corrected chi connectivity index (χ1v) is 11.6. The summed E-state index contributed by atoms with van der Waals surface area (Å²) in [6.07, 6.45) is 1.52. The van der Waals surface area contributed by atoms with Gasteiger partial charge in [-0.25, -0.2) is 9.37 Å². The lowest BCUT2D eigenvalue weighted by Crippen LogP contribution is -2.37. The van der Waals surface area contributed by atoms with Crippen LogP contribution < -0.4 is 5.56 Å². The van der Waals surface area contributed by atoms with E-state index in [2.05, 4.69) is 0 Å². The van der Waals surface area contributed by atoms with Crippen LogP contribution in [0.15, 0.2) is 100 Å². The van der Waals surface area contributed by atoms with Gasteiger partial charge in [0, 0.05) is 0 Å². The molecule has 0 fully saturated rings. The van der Waals surface area contributed by atoms with Crippen molar-refractivity contribution in [3.8, 4) is 5.69 Å². The Morgan fingerprint density at radius 2 is 1.72 bits per heavy atom. The van der Waals surface area contributed by atoms with Crippen LogP contribution >= 0.6 is 0 Å². The second-order valence-corrected chi connectivity index (χ2v) is 8.63. The number of amides is 1. The molecule has 0 N–H and O–H groups in total. The van der Waals surface area contributed by atoms with E-state index in [0.29, 0.717) is 28.2 Å². The molecule has 1 unspecified atom stereocenters. The first-order chi connectivity index (χ1) is 17.4. The highest BCUT2D eigenvalue weighted by Crippen LogP contribution is 2.27. The molecule has 0 bridgehead atoms. The summed E-state index contributed by atoms with van der Waals surface area (Å²) in [7, 11) is 0. The Labute approximate surface area is 207 Å². The van der Waals surface area contributed by atoms with Crippen LogP contribution in [0.25, 0.3) is 16.6 Å². The summed E-state index contributed by atoms with van der Waals surface area (Å²) in [6, 6.07) is 23.2. The molecule has 5 aromatic rings. The van der Waals surface area contributed by atoms with Crippen molar-refractivity contribution >= 4 is 16.8 Å². The number of rotatable bonds is 6. The van der Waals surface area contributed by atoms with Gasteiger partial charge in [-0.3, -0.25) is 14.2 Å². The third kappa shape index (κ3) is 4.31. The zero-order valence-electron chi connectivity index (χ0n) is 19.9. The van der Waals surface area contributed by atoms with Crippen molar-refractivity contribution in [2.24, 2.45) is 0 Å². The maximum atomic E-state index is 14.7. The molecule has 7 heteroatoms. The fourth-order valence-electron chi connectivity index (χ4n) is 4.26. The van der Waals surface area contributed by atoms with Gasteiger partial charge in [-0.2, -0.15) is 0 Å². The lowest BCUT2D eigenvalue weighted by molar-refractivity contribution is 0.0643. The van der Waals surface area contributed by atoms with E-state index in [4.69, 9.17) is 9.40 Å². The minimum atomic E-state index is -0.708. The number of carbonyl (C=O) groups is 1. The fraction of sp³-hybridized carbons (Fsp3) is 0.138. The molecule has 2 heterocycles. The predicted molar refractivity (Wildman–Crippen MR) is 135 cm³/mol. The van der Waals surface area contributed by atoms with E-state index in [0.717, 1.165) is 5.56 Å². The minimum absolute atomic E-state index is 0.0674. The van der Waals surface area contributed by atoms with Crippen molar-refractivity contribution in [3.63, 3.8) is 0 Å². The van der Waals surface area contributed by atoms with Crippen molar-refractivity contribution in [2.75, 3.05) is 0 Å². The van der Waals surface area contributed by atoms with Crippen molar-refractivity contribution in [2.45, 2.75) is 26.4 Å². The molecule has 1 atom stereocenters. The summed E-state index contributed by atoms with van der Waals surface area (Å²) in [5, 5.41) is 0.465. The van der Waals surface area contributed by atoms with Gasteiger partial charge in [0.25, 0.3) is 11.5 Å². The van der Waals surface area contributed by atoms with Crippen LogP contribution in [0.2, 0.25) is 0 Å². The molecule has 3 aromatic carbocycles. The van der Waals surface area contributed by atoms with E-state index in [9.17, 15) is 14.0 Å². The van der Waals surface area contributed by atoms with E-state index in [-0.39, 0.29) is 17.7 Å². The number of halogens is 1. The Morgan fingerprint density at radius 1 is 1.00 bits per heavy atom. The maximum Gasteiger partial charge on any atom is 0.266 e. The first kappa shape index (κ1) is 23.2. The van der Waals surface area contributed by atoms with Crippen LogP contribution in [0.4, 0.5) is 4.39 Å². The van der Waals surface area contributed by atoms with Gasteiger partial charge in [0.15, 0.2) is 0 Å². The molecule has 1 amide bonds. The topological polar surface area (TPSA) is 68.3 Å². The van der Waals surface area contributed by atoms with E-state index in [1.165, 1.54) is 33.9 Å². The Balaban J connectivity index is 1.71. The van der Waals surface area contributed by atoms with Crippen LogP contribution in [-0.2, 0) is 6.54 Å². The molecule has 0 radical (unpaired) electrons. The molecule has 0 spiro atoms. The van der Waals surface area contributed by atoms with E-state index >= 15 is 0 Å². The standard InChI is InChI=1S/C29H24FN3O3/c1-19-13-15-21(16-14-19)33-27(31-26-12-6-4-10-24(26)29(33)35)20(2)32(18-22-8-7-17-36-22)28(34)23-9-3-5-11-25(23)30/h3-17,20H,18H2,1-2H3. The second kappa shape index (κ2) is 9.62. The lowest BCUT2D eigenvalue weighted by atomic mass is 10.1. The number of hydrogen-bond acceptors (Lipinski definition) is 4. The van der Waals surface area contributed by atoms with Gasteiger partial charge in [-0.15, -0.1) is 0 Å². The van der Waals surface area contributed by atoms with Gasteiger partial charge in [0.2, 0.25) is 0 Å². The average Bonchev–Trinajstić information content (AvgIpc) is 3.41. The number of nitrogens with zero attached hydrogens (tertiary/aromatic N) is 3. The monoisotopic (exact) mass is 481 g/mol. The second-order valence-electron chi connectivity index (χ2n) is 8.63. The predicted octanol–water partition coefficient (Wildman–Crippen LogP) is 5.83. The normalized spacial score (nSPS) is 12.0. The van der Waals surface area contributed by atoms with Gasteiger partial charge in [0.1, 0.15) is 17.4 Å². The summed E-state index contributed by atoms with van der Waals surface area (Å²) < 4.78 is 21.7. The molecule has 0 aliphatic heterocycles. The van der Waals surface area contributed by atoms with E-state index in [1.54, 1.807) is 43.3 Å². The van der Waals surface area contributed by atoms with Crippen LogP contribution in [0, 0.1) is 12.7 Å². The summed E-state index contributed by atoms with van der Waals surface area (Å²) in [5.41, 5.74) is 1.87. The Kier molecular flexibility index (Phi) is 6.21. The highest BCUT2D eigenvalue weighted by atomic mass is 19.1. The van der Waals surface area contributed by atoms with Crippen LogP contribution in [-0.4, -0.2) is 20.4 Å². The first-order valence-electron chi connectivity index (χ1n) is 11.6. The maximum absolute atomic E-state index is 14.7. The number of carbonyl (C=O) groups excluding carboxylic acids is 1. The van der Waals surface area contributed by atoms with Gasteiger partial charge in [-0.1, -0.05) is 42.0 Å². The molecule has 0 aliphatic carbocycles. The Bertz CT molecular complexity index is 1590. The van der Waals surface area contributed by atoms with Crippen molar-refractivity contribution in [1.29, 1.82) is 0 Å². The molecule has 0 aliphatic rings. The number of benzene rings is 3. The molecule has 6 nitrogen and oxygen atoms in total. The van der Waals surface area contributed by atoms with Crippen molar-refractivity contribution in [3.05, 3.63) is 130 Å². The van der Waals surface area contributed by atoms with Gasteiger partial charge >= 0.3 is 0 Å². The van der Waals surface area contributed by atoms with E-state index < -0.39 is 17.8 Å². The molecular formula is C29H24FN3O3. The molecule has 180 valence electrons. The SMILES string of the molecule is Cc1ccc(-n2c(C(C)N(Cc3ccco3)C(=O)c3ccccc3F)nc3ccccc3c2=O)cc1. The average molecular weight is 482 g/mol. The number of furan rings is 1. The van der Waals surface area contributed by atoms with Crippen molar-refractivity contribution < 1.29 is 13.6 Å². The largest absolute Gasteiger partial charge is 0.467 e.